The summed E-state index contributed by atoms with van der Waals surface area (Å²) in [6.45, 7) is 4.97. The Kier molecular flexibility index (Phi) is 5.31. The fraction of sp³-hybridized carbons (Fsp3) is 0.263. The molecule has 2 heterocycles. The lowest BCUT2D eigenvalue weighted by atomic mass is 10.2. The van der Waals surface area contributed by atoms with Crippen LogP contribution in [0.1, 0.15) is 20.8 Å². The predicted octanol–water partition coefficient (Wildman–Crippen LogP) is 2.83. The number of pyridine rings is 1. The van der Waals surface area contributed by atoms with E-state index in [1.54, 1.807) is 51.1 Å². The Morgan fingerprint density at radius 1 is 1.07 bits per heavy atom. The number of carbonyl (C=O) groups is 1. The van der Waals surface area contributed by atoms with Gasteiger partial charge in [0.15, 0.2) is 10.8 Å². The summed E-state index contributed by atoms with van der Waals surface area (Å²) in [6, 6.07) is 11.4. The molecule has 3 rings (SSSR count). The van der Waals surface area contributed by atoms with Gasteiger partial charge in [-0.15, -0.1) is 11.3 Å². The van der Waals surface area contributed by atoms with E-state index in [-0.39, 0.29) is 10.7 Å². The average molecular weight is 418 g/mol. The molecule has 0 unspecified atom stereocenters. The van der Waals surface area contributed by atoms with Crippen LogP contribution < -0.4 is 5.56 Å². The van der Waals surface area contributed by atoms with Crippen LogP contribution >= 0.6 is 11.3 Å². The smallest absolute Gasteiger partial charge is 0.322 e. The molecule has 0 spiro atoms. The Balaban J connectivity index is 1.96. The lowest BCUT2D eigenvalue weighted by molar-refractivity contribution is -0.151. The van der Waals surface area contributed by atoms with Gasteiger partial charge >= 0.3 is 5.97 Å². The van der Waals surface area contributed by atoms with Crippen molar-refractivity contribution >= 4 is 37.2 Å². The number of rotatable bonds is 4. The molecule has 28 heavy (non-hydrogen) atoms. The molecule has 0 aliphatic carbocycles. The van der Waals surface area contributed by atoms with Crippen molar-refractivity contribution in [1.82, 2.24) is 9.97 Å². The molecule has 0 aliphatic heterocycles. The first kappa shape index (κ1) is 20.1. The molecule has 146 valence electrons. The molecule has 9 heteroatoms. The van der Waals surface area contributed by atoms with Crippen LogP contribution in [0.2, 0.25) is 0 Å². The maximum Gasteiger partial charge on any atom is 0.322 e. The number of sulfone groups is 1. The van der Waals surface area contributed by atoms with Crippen LogP contribution in [0.15, 0.2) is 52.3 Å². The first-order valence-electron chi connectivity index (χ1n) is 8.37. The summed E-state index contributed by atoms with van der Waals surface area (Å²) in [7, 11) is -4.00. The largest absolute Gasteiger partial charge is 0.459 e. The Morgan fingerprint density at radius 3 is 2.50 bits per heavy atom. The van der Waals surface area contributed by atoms with E-state index < -0.39 is 32.7 Å². The van der Waals surface area contributed by atoms with Crippen LogP contribution in [0.4, 0.5) is 0 Å². The highest BCUT2D eigenvalue weighted by molar-refractivity contribution is 7.92. The van der Waals surface area contributed by atoms with Crippen molar-refractivity contribution in [1.29, 1.82) is 0 Å². The minimum Gasteiger partial charge on any atom is -0.459 e. The molecule has 1 aromatic carbocycles. The first-order valence-corrected chi connectivity index (χ1v) is 10.8. The molecule has 0 fully saturated rings. The first-order chi connectivity index (χ1) is 13.0. The lowest BCUT2D eigenvalue weighted by Crippen LogP contribution is -2.28. The highest BCUT2D eigenvalue weighted by Crippen LogP contribution is 2.25. The topological polar surface area (TPSA) is 103 Å². The van der Waals surface area contributed by atoms with Crippen molar-refractivity contribution in [2.45, 2.75) is 31.4 Å². The van der Waals surface area contributed by atoms with Gasteiger partial charge in [0.25, 0.3) is 5.56 Å². The lowest BCUT2D eigenvalue weighted by Gasteiger charge is -2.19. The number of hydrogen-bond acceptors (Lipinski definition) is 8. The SMILES string of the molecule is CC(C)(C)OC(=O)CS(=O)(=O)c1cccc(-c2nc(=O)c3ccccc3s2)n1. The van der Waals surface area contributed by atoms with Crippen molar-refractivity contribution < 1.29 is 17.9 Å². The molecular weight excluding hydrogens is 400 g/mol. The van der Waals surface area contributed by atoms with E-state index in [1.165, 1.54) is 23.5 Å². The van der Waals surface area contributed by atoms with Crippen LogP contribution in [0, 0.1) is 0 Å². The number of carbonyl (C=O) groups excluding carboxylic acids is 1. The number of fused-ring (bicyclic) bond motifs is 1. The van der Waals surface area contributed by atoms with Gasteiger partial charge in [0.2, 0.25) is 9.84 Å². The van der Waals surface area contributed by atoms with Gasteiger partial charge < -0.3 is 4.74 Å². The average Bonchev–Trinajstić information content (AvgIpc) is 2.59. The van der Waals surface area contributed by atoms with E-state index in [9.17, 15) is 18.0 Å². The molecular formula is C19H18N2O5S2. The number of nitrogens with zero attached hydrogens (tertiary/aromatic N) is 2. The summed E-state index contributed by atoms with van der Waals surface area (Å²) in [4.78, 5) is 32.3. The maximum atomic E-state index is 12.5. The van der Waals surface area contributed by atoms with Crippen molar-refractivity contribution in [3.8, 4) is 10.7 Å². The van der Waals surface area contributed by atoms with Crippen LogP contribution in [0.5, 0.6) is 0 Å². The number of esters is 1. The molecule has 0 N–H and O–H groups in total. The number of hydrogen-bond donors (Lipinski definition) is 0. The minimum absolute atomic E-state index is 0.248. The molecule has 0 aliphatic rings. The Hall–Kier alpha value is -2.65. The number of ether oxygens (including phenoxy) is 1. The van der Waals surface area contributed by atoms with Crippen molar-refractivity contribution in [3.63, 3.8) is 0 Å². The van der Waals surface area contributed by atoms with E-state index in [4.69, 9.17) is 4.74 Å². The summed E-state index contributed by atoms with van der Waals surface area (Å²) < 4.78 is 30.9. The van der Waals surface area contributed by atoms with Gasteiger partial charge in [-0.1, -0.05) is 18.2 Å². The third-order valence-corrected chi connectivity index (χ3v) is 6.07. The molecule has 0 saturated carbocycles. The van der Waals surface area contributed by atoms with Crippen LogP contribution in [0.25, 0.3) is 20.8 Å². The zero-order chi connectivity index (χ0) is 20.5. The molecule has 2 aromatic heterocycles. The predicted molar refractivity (Wildman–Crippen MR) is 107 cm³/mol. The minimum atomic E-state index is -4.00. The summed E-state index contributed by atoms with van der Waals surface area (Å²) in [5, 5.41) is 0.522. The van der Waals surface area contributed by atoms with E-state index in [1.807, 2.05) is 0 Å². The summed E-state index contributed by atoms with van der Waals surface area (Å²) >= 11 is 1.24. The maximum absolute atomic E-state index is 12.5. The zero-order valence-electron chi connectivity index (χ0n) is 15.5. The second-order valence-corrected chi connectivity index (χ2v) is 9.99. The van der Waals surface area contributed by atoms with Gasteiger partial charge in [-0.2, -0.15) is 4.98 Å². The van der Waals surface area contributed by atoms with Gasteiger partial charge in [-0.3, -0.25) is 9.59 Å². The third kappa shape index (κ3) is 4.60. The van der Waals surface area contributed by atoms with E-state index >= 15 is 0 Å². The monoisotopic (exact) mass is 418 g/mol. The van der Waals surface area contributed by atoms with Crippen LogP contribution in [-0.2, 0) is 19.4 Å². The molecule has 7 nitrogen and oxygen atoms in total. The zero-order valence-corrected chi connectivity index (χ0v) is 17.1. The van der Waals surface area contributed by atoms with Crippen LogP contribution in [0.3, 0.4) is 0 Å². The number of benzene rings is 1. The van der Waals surface area contributed by atoms with Gasteiger partial charge in [0, 0.05) is 4.70 Å². The molecule has 0 atom stereocenters. The Labute approximate surface area is 166 Å². The molecule has 0 bridgehead atoms. The summed E-state index contributed by atoms with van der Waals surface area (Å²) in [5.74, 6) is -1.67. The van der Waals surface area contributed by atoms with E-state index in [0.29, 0.717) is 10.4 Å². The molecule has 3 aromatic rings. The fourth-order valence-electron chi connectivity index (χ4n) is 2.43. The summed E-state index contributed by atoms with van der Waals surface area (Å²) in [6.07, 6.45) is 0. The second-order valence-electron chi connectivity index (χ2n) is 7.03. The highest BCUT2D eigenvalue weighted by Gasteiger charge is 2.25. The molecule has 0 saturated heterocycles. The van der Waals surface area contributed by atoms with E-state index in [2.05, 4.69) is 9.97 Å². The van der Waals surface area contributed by atoms with E-state index in [0.717, 1.165) is 4.70 Å². The Morgan fingerprint density at radius 2 is 1.79 bits per heavy atom. The van der Waals surface area contributed by atoms with Gasteiger partial charge in [0.05, 0.1) is 5.39 Å². The highest BCUT2D eigenvalue weighted by atomic mass is 32.2. The fourth-order valence-corrected chi connectivity index (χ4v) is 4.44. The van der Waals surface area contributed by atoms with Gasteiger partial charge in [-0.05, 0) is 45.0 Å². The van der Waals surface area contributed by atoms with Gasteiger partial charge in [0.1, 0.15) is 16.3 Å². The number of aromatic nitrogens is 2. The summed E-state index contributed by atoms with van der Waals surface area (Å²) in [5.41, 5.74) is -0.949. The standard InChI is InChI=1S/C19H18N2O5S2/c1-19(2,3)26-16(22)11-28(24,25)15-10-6-8-13(20-15)18-21-17(23)12-7-4-5-9-14(12)27-18/h4-10H,11H2,1-3H3. The third-order valence-electron chi connectivity index (χ3n) is 3.52. The van der Waals surface area contributed by atoms with Crippen LogP contribution in [-0.4, -0.2) is 35.7 Å². The second kappa shape index (κ2) is 7.40. The van der Waals surface area contributed by atoms with Crippen molar-refractivity contribution in [2.24, 2.45) is 0 Å². The molecule has 0 radical (unpaired) electrons. The quantitative estimate of drug-likeness (QED) is 0.600. The van der Waals surface area contributed by atoms with Gasteiger partial charge in [-0.25, -0.2) is 13.4 Å². The normalized spacial score (nSPS) is 12.1. The van der Waals surface area contributed by atoms with Crippen molar-refractivity contribution in [2.75, 3.05) is 5.75 Å². The van der Waals surface area contributed by atoms with Crippen molar-refractivity contribution in [3.05, 3.63) is 52.8 Å². The Bertz CT molecular complexity index is 1210. The molecule has 0 amide bonds.